The predicted molar refractivity (Wildman–Crippen MR) is 83.3 cm³/mol. The lowest BCUT2D eigenvalue weighted by atomic mass is 9.79. The summed E-state index contributed by atoms with van der Waals surface area (Å²) in [6.07, 6.45) is 7.03. The molecule has 2 atom stereocenters. The van der Waals surface area contributed by atoms with Crippen LogP contribution in [0, 0.1) is 5.92 Å². The second kappa shape index (κ2) is 5.84. The fourth-order valence-corrected chi connectivity index (χ4v) is 4.32. The minimum atomic E-state index is -0.00688. The number of hydrogen-bond donors (Lipinski definition) is 1. The van der Waals surface area contributed by atoms with Crippen molar-refractivity contribution in [3.05, 3.63) is 33.8 Å². The Balaban J connectivity index is 1.77. The number of ether oxygens (including phenoxy) is 1. The molecule has 1 aliphatic carbocycles. The van der Waals surface area contributed by atoms with Gasteiger partial charge in [-0.3, -0.25) is 0 Å². The van der Waals surface area contributed by atoms with Gasteiger partial charge in [0.15, 0.2) is 0 Å². The van der Waals surface area contributed by atoms with E-state index >= 15 is 0 Å². The Morgan fingerprint density at radius 3 is 2.45 bits per heavy atom. The molecular weight excluding hydrogens is 293 g/mol. The van der Waals surface area contributed by atoms with E-state index < -0.39 is 0 Å². The van der Waals surface area contributed by atoms with Gasteiger partial charge in [-0.1, -0.05) is 36.0 Å². The highest BCUT2D eigenvalue weighted by Gasteiger charge is 2.41. The van der Waals surface area contributed by atoms with Crippen LogP contribution in [-0.2, 0) is 4.74 Å². The van der Waals surface area contributed by atoms with Crippen LogP contribution in [0.1, 0.15) is 50.1 Å². The molecule has 1 spiro atoms. The van der Waals surface area contributed by atoms with Gasteiger partial charge >= 0.3 is 0 Å². The van der Waals surface area contributed by atoms with E-state index in [0.29, 0.717) is 16.0 Å². The normalized spacial score (nSPS) is 26.9. The van der Waals surface area contributed by atoms with Crippen LogP contribution < -0.4 is 5.73 Å². The SMILES string of the molecule is NC(c1cc(Cl)cc(Cl)c1)C1CCOC2(CCCC2)C1. The summed E-state index contributed by atoms with van der Waals surface area (Å²) in [7, 11) is 0. The molecule has 1 aliphatic heterocycles. The molecule has 4 heteroatoms. The Kier molecular flexibility index (Phi) is 4.28. The smallest absolute Gasteiger partial charge is 0.0685 e. The van der Waals surface area contributed by atoms with Gasteiger partial charge in [-0.25, -0.2) is 0 Å². The number of benzene rings is 1. The van der Waals surface area contributed by atoms with Crippen LogP contribution in [0.4, 0.5) is 0 Å². The largest absolute Gasteiger partial charge is 0.375 e. The highest BCUT2D eigenvalue weighted by atomic mass is 35.5. The summed E-state index contributed by atoms with van der Waals surface area (Å²) in [6, 6.07) is 5.62. The Labute approximate surface area is 130 Å². The van der Waals surface area contributed by atoms with Crippen molar-refractivity contribution in [1.29, 1.82) is 0 Å². The first-order valence-electron chi connectivity index (χ1n) is 7.44. The number of halogens is 2. The molecule has 2 N–H and O–H groups in total. The van der Waals surface area contributed by atoms with Crippen LogP contribution in [-0.4, -0.2) is 12.2 Å². The highest BCUT2D eigenvalue weighted by Crippen LogP contribution is 2.45. The summed E-state index contributed by atoms with van der Waals surface area (Å²) in [6.45, 7) is 0.826. The molecule has 2 aliphatic rings. The molecule has 2 unspecified atom stereocenters. The van der Waals surface area contributed by atoms with Gasteiger partial charge in [0, 0.05) is 22.7 Å². The van der Waals surface area contributed by atoms with Crippen molar-refractivity contribution in [2.24, 2.45) is 11.7 Å². The number of hydrogen-bond acceptors (Lipinski definition) is 2. The molecule has 1 saturated carbocycles. The minimum absolute atomic E-state index is 0.00688. The van der Waals surface area contributed by atoms with E-state index in [4.69, 9.17) is 33.7 Å². The first-order valence-corrected chi connectivity index (χ1v) is 8.19. The van der Waals surface area contributed by atoms with Crippen molar-refractivity contribution in [1.82, 2.24) is 0 Å². The van der Waals surface area contributed by atoms with Gasteiger partial charge in [-0.15, -0.1) is 0 Å². The second-order valence-corrected chi connectivity index (χ2v) is 7.09. The van der Waals surface area contributed by atoms with E-state index in [1.165, 1.54) is 25.7 Å². The highest BCUT2D eigenvalue weighted by molar-refractivity contribution is 6.34. The zero-order valence-corrected chi connectivity index (χ0v) is 13.1. The molecule has 110 valence electrons. The van der Waals surface area contributed by atoms with Crippen LogP contribution in [0.5, 0.6) is 0 Å². The maximum atomic E-state index is 6.49. The van der Waals surface area contributed by atoms with Gasteiger partial charge in [0.1, 0.15) is 0 Å². The van der Waals surface area contributed by atoms with Gasteiger partial charge in [-0.05, 0) is 55.4 Å². The summed E-state index contributed by atoms with van der Waals surface area (Å²) in [5.74, 6) is 0.455. The van der Waals surface area contributed by atoms with Crippen LogP contribution in [0.3, 0.4) is 0 Å². The van der Waals surface area contributed by atoms with E-state index in [0.717, 1.165) is 25.0 Å². The molecule has 20 heavy (non-hydrogen) atoms. The molecule has 2 fully saturated rings. The molecule has 2 nitrogen and oxygen atoms in total. The third kappa shape index (κ3) is 2.99. The standard InChI is InChI=1S/C16H21Cl2NO/c17-13-7-12(8-14(18)9-13)15(19)11-3-6-20-16(10-11)4-1-2-5-16/h7-9,11,15H,1-6,10,19H2. The lowest BCUT2D eigenvalue weighted by Gasteiger charge is -2.40. The van der Waals surface area contributed by atoms with Crippen LogP contribution >= 0.6 is 23.2 Å². The lowest BCUT2D eigenvalue weighted by Crippen LogP contribution is -2.40. The average molecular weight is 314 g/mol. The molecule has 0 aromatic heterocycles. The topological polar surface area (TPSA) is 35.2 Å². The minimum Gasteiger partial charge on any atom is -0.375 e. The third-order valence-electron chi connectivity index (χ3n) is 4.82. The van der Waals surface area contributed by atoms with Gasteiger partial charge in [0.2, 0.25) is 0 Å². The van der Waals surface area contributed by atoms with Crippen molar-refractivity contribution in [2.45, 2.75) is 50.2 Å². The van der Waals surface area contributed by atoms with Crippen molar-refractivity contribution in [2.75, 3.05) is 6.61 Å². The van der Waals surface area contributed by atoms with Crippen LogP contribution in [0.2, 0.25) is 10.0 Å². The summed E-state index contributed by atoms with van der Waals surface area (Å²) in [5, 5.41) is 1.32. The molecule has 1 aromatic rings. The van der Waals surface area contributed by atoms with Crippen LogP contribution in [0.15, 0.2) is 18.2 Å². The molecule has 1 saturated heterocycles. The predicted octanol–water partition coefficient (Wildman–Crippen LogP) is 4.73. The lowest BCUT2D eigenvalue weighted by molar-refractivity contribution is -0.0963. The zero-order chi connectivity index (χ0) is 14.2. The monoisotopic (exact) mass is 313 g/mol. The summed E-state index contributed by atoms with van der Waals surface area (Å²) < 4.78 is 6.08. The molecule has 1 aromatic carbocycles. The van der Waals surface area contributed by atoms with E-state index in [1.807, 2.05) is 12.1 Å². The Bertz CT molecular complexity index is 465. The molecule has 0 radical (unpaired) electrons. The first-order chi connectivity index (χ1) is 9.58. The van der Waals surface area contributed by atoms with Crippen LogP contribution in [0.25, 0.3) is 0 Å². The Morgan fingerprint density at radius 1 is 1.15 bits per heavy atom. The molecular formula is C16H21Cl2NO. The maximum Gasteiger partial charge on any atom is 0.0685 e. The molecule has 0 bridgehead atoms. The summed E-state index contributed by atoms with van der Waals surface area (Å²) in [5.41, 5.74) is 7.63. The fraction of sp³-hybridized carbons (Fsp3) is 0.625. The maximum absolute atomic E-state index is 6.49. The van der Waals surface area contributed by atoms with Gasteiger partial charge in [0.25, 0.3) is 0 Å². The molecule has 3 rings (SSSR count). The fourth-order valence-electron chi connectivity index (χ4n) is 3.78. The Morgan fingerprint density at radius 2 is 1.80 bits per heavy atom. The quantitative estimate of drug-likeness (QED) is 0.856. The van der Waals surface area contributed by atoms with E-state index in [1.54, 1.807) is 6.07 Å². The van der Waals surface area contributed by atoms with E-state index in [9.17, 15) is 0 Å². The second-order valence-electron chi connectivity index (χ2n) is 6.22. The van der Waals surface area contributed by atoms with Gasteiger partial charge in [-0.2, -0.15) is 0 Å². The summed E-state index contributed by atoms with van der Waals surface area (Å²) >= 11 is 12.2. The number of rotatable bonds is 2. The Hall–Kier alpha value is -0.280. The van der Waals surface area contributed by atoms with Crippen molar-refractivity contribution in [3.63, 3.8) is 0 Å². The van der Waals surface area contributed by atoms with Gasteiger partial charge < -0.3 is 10.5 Å². The third-order valence-corrected chi connectivity index (χ3v) is 5.26. The van der Waals surface area contributed by atoms with Crippen molar-refractivity contribution < 1.29 is 4.74 Å². The van der Waals surface area contributed by atoms with Crippen molar-refractivity contribution in [3.8, 4) is 0 Å². The summed E-state index contributed by atoms with van der Waals surface area (Å²) in [4.78, 5) is 0. The first kappa shape index (κ1) is 14.6. The molecule has 1 heterocycles. The average Bonchev–Trinajstić information content (AvgIpc) is 2.85. The van der Waals surface area contributed by atoms with Gasteiger partial charge in [0.05, 0.1) is 5.60 Å². The number of nitrogens with two attached hydrogens (primary N) is 1. The molecule has 0 amide bonds. The van der Waals surface area contributed by atoms with Crippen molar-refractivity contribution >= 4 is 23.2 Å². The van der Waals surface area contributed by atoms with E-state index in [2.05, 4.69) is 0 Å². The van der Waals surface area contributed by atoms with E-state index in [-0.39, 0.29) is 11.6 Å². The zero-order valence-electron chi connectivity index (χ0n) is 11.6.